The van der Waals surface area contributed by atoms with Gasteiger partial charge in [0, 0.05) is 0 Å². The molecule has 3 aliphatic carbocycles. The fraction of sp³-hybridized carbons (Fsp3) is 0.259. The van der Waals surface area contributed by atoms with Crippen LogP contribution in [0, 0.1) is 0 Å². The Balaban J connectivity index is 0.00000128. The van der Waals surface area contributed by atoms with E-state index in [-0.39, 0.29) is 27.9 Å². The monoisotopic (exact) mass is 511 g/mol. The van der Waals surface area contributed by atoms with E-state index in [9.17, 15) is 0 Å². The summed E-state index contributed by atoms with van der Waals surface area (Å²) in [4.78, 5) is 0. The van der Waals surface area contributed by atoms with Crippen LogP contribution in [0.5, 0.6) is 0 Å². The molecule has 0 radical (unpaired) electrons. The number of hydrogen-bond donors (Lipinski definition) is 0. The first-order chi connectivity index (χ1) is 13.5. The molecule has 0 heterocycles. The minimum absolute atomic E-state index is 0. The van der Waals surface area contributed by atoms with Crippen LogP contribution in [-0.2, 0) is 21.8 Å². The van der Waals surface area contributed by atoms with Gasteiger partial charge in [0.15, 0.2) is 0 Å². The van der Waals surface area contributed by atoms with Gasteiger partial charge in [-0.05, 0) is 0 Å². The zero-order valence-electron chi connectivity index (χ0n) is 17.9. The Morgan fingerprint density at radius 2 is 1.20 bits per heavy atom. The number of allylic oxidation sites excluding steroid dienone is 6. The van der Waals surface area contributed by atoms with E-state index in [0.29, 0.717) is 7.25 Å². The van der Waals surface area contributed by atoms with Crippen molar-refractivity contribution < 1.29 is 46.6 Å². The Morgan fingerprint density at radius 3 is 1.63 bits per heavy atom. The molecule has 3 atom stereocenters. The van der Waals surface area contributed by atoms with Crippen molar-refractivity contribution >= 4 is 12.2 Å². The molecular formula is C27H27Cl2Zr. The van der Waals surface area contributed by atoms with Crippen molar-refractivity contribution in [3.63, 3.8) is 0 Å². The van der Waals surface area contributed by atoms with Gasteiger partial charge < -0.3 is 24.8 Å². The predicted octanol–water partition coefficient (Wildman–Crippen LogP) is 1.62. The first-order valence-electron chi connectivity index (χ1n) is 10.3. The van der Waals surface area contributed by atoms with Gasteiger partial charge in [0.1, 0.15) is 0 Å². The third-order valence-corrected chi connectivity index (χ3v) is 18.3. The Hall–Kier alpha value is -1.14. The molecule has 0 amide bonds. The maximum atomic E-state index is 2.54. The summed E-state index contributed by atoms with van der Waals surface area (Å²) in [6.45, 7) is 9.66. The Morgan fingerprint density at radius 1 is 0.733 bits per heavy atom. The van der Waals surface area contributed by atoms with Gasteiger partial charge in [-0.3, -0.25) is 0 Å². The van der Waals surface area contributed by atoms with Gasteiger partial charge in [-0.15, -0.1) is 0 Å². The van der Waals surface area contributed by atoms with E-state index in [1.165, 1.54) is 11.1 Å². The molecule has 30 heavy (non-hydrogen) atoms. The first kappa shape index (κ1) is 23.5. The summed E-state index contributed by atoms with van der Waals surface area (Å²) in [5, 5.41) is 0. The summed E-state index contributed by atoms with van der Waals surface area (Å²) in [5.41, 5.74) is 10.8. The maximum Gasteiger partial charge on any atom is -1.00 e. The van der Waals surface area contributed by atoms with Crippen molar-refractivity contribution in [2.45, 2.75) is 38.1 Å². The fourth-order valence-corrected chi connectivity index (χ4v) is 17.1. The Kier molecular flexibility index (Phi) is 6.88. The standard InChI is InChI=1S/2C10H9.C7H9.2ClH.Zr/c2*1-8-6-9-4-2-3-5-10(9)7-8;1-6-4-3-5-7(6)2;;;/h2*2-7H,1H3;3-5H,1-2H3;2*1H;/q;;;;;+2/p-2. The van der Waals surface area contributed by atoms with Gasteiger partial charge >= 0.3 is 178 Å². The molecule has 3 heteroatoms. The van der Waals surface area contributed by atoms with E-state index >= 15 is 0 Å². The van der Waals surface area contributed by atoms with Crippen LogP contribution in [0.15, 0.2) is 83.5 Å². The fourth-order valence-electron chi connectivity index (χ4n) is 5.56. The van der Waals surface area contributed by atoms with E-state index in [1.54, 1.807) is 27.8 Å². The minimum atomic E-state index is -2.24. The summed E-state index contributed by atoms with van der Waals surface area (Å²) < 4.78 is 1.51. The first-order valence-corrected chi connectivity index (χ1v) is 14.4. The van der Waals surface area contributed by atoms with E-state index < -0.39 is 21.8 Å². The van der Waals surface area contributed by atoms with Crippen molar-refractivity contribution in [1.29, 1.82) is 0 Å². The van der Waals surface area contributed by atoms with Crippen molar-refractivity contribution in [2.75, 3.05) is 0 Å². The normalized spacial score (nSPS) is 25.4. The molecule has 0 N–H and O–H groups in total. The van der Waals surface area contributed by atoms with E-state index in [0.717, 1.165) is 0 Å². The molecule has 0 nitrogen and oxygen atoms in total. The van der Waals surface area contributed by atoms with Crippen molar-refractivity contribution in [3.05, 3.63) is 106 Å². The average Bonchev–Trinajstić information content (AvgIpc) is 3.30. The van der Waals surface area contributed by atoms with Gasteiger partial charge in [0.2, 0.25) is 0 Å². The summed E-state index contributed by atoms with van der Waals surface area (Å²) in [6.07, 6.45) is 12.1. The van der Waals surface area contributed by atoms with E-state index in [4.69, 9.17) is 0 Å². The molecule has 0 aliphatic heterocycles. The molecule has 0 aromatic heterocycles. The minimum Gasteiger partial charge on any atom is -1.00 e. The number of benzene rings is 2. The van der Waals surface area contributed by atoms with Crippen LogP contribution in [0.25, 0.3) is 12.2 Å². The number of halogens is 2. The number of rotatable bonds is 3. The summed E-state index contributed by atoms with van der Waals surface area (Å²) in [5.74, 6) is 0. The van der Waals surface area contributed by atoms with Gasteiger partial charge in [0.25, 0.3) is 0 Å². The molecule has 0 saturated heterocycles. The smallest absolute Gasteiger partial charge is 1.00 e. The van der Waals surface area contributed by atoms with Crippen LogP contribution in [0.4, 0.5) is 0 Å². The topological polar surface area (TPSA) is 0 Å². The molecule has 0 fully saturated rings. The van der Waals surface area contributed by atoms with E-state index in [2.05, 4.69) is 107 Å². The summed E-state index contributed by atoms with van der Waals surface area (Å²) >= 11 is -2.24. The second kappa shape index (κ2) is 8.78. The Bertz CT molecular complexity index is 1020. The summed E-state index contributed by atoms with van der Waals surface area (Å²) in [7, 11) is 0. The van der Waals surface area contributed by atoms with Crippen molar-refractivity contribution in [1.82, 2.24) is 0 Å². The number of fused-ring (bicyclic) bond motifs is 2. The predicted molar refractivity (Wildman–Crippen MR) is 117 cm³/mol. The SMILES string of the molecule is CC1=Cc2ccccc2[CH]1[Zr+2]([CH]1C(C)=Cc2ccccc21)[C]1(C)C=CC=C1C.[Cl-].[Cl-]. The van der Waals surface area contributed by atoms with Crippen LogP contribution in [0.3, 0.4) is 0 Å². The van der Waals surface area contributed by atoms with Crippen LogP contribution in [-0.4, -0.2) is 0 Å². The number of hydrogen-bond acceptors (Lipinski definition) is 0. The molecule has 2 aromatic carbocycles. The molecule has 0 saturated carbocycles. The van der Waals surface area contributed by atoms with Crippen molar-refractivity contribution in [2.24, 2.45) is 0 Å². The molecule has 3 aliphatic rings. The third-order valence-electron chi connectivity index (χ3n) is 7.11. The van der Waals surface area contributed by atoms with Crippen LogP contribution in [0.2, 0.25) is 3.12 Å². The second-order valence-corrected chi connectivity index (χ2v) is 16.4. The third kappa shape index (κ3) is 3.48. The van der Waals surface area contributed by atoms with Crippen LogP contribution < -0.4 is 24.8 Å². The average molecular weight is 514 g/mol. The van der Waals surface area contributed by atoms with Gasteiger partial charge in [-0.2, -0.15) is 0 Å². The maximum absolute atomic E-state index is 2.54. The zero-order valence-corrected chi connectivity index (χ0v) is 21.9. The molecular weight excluding hydrogens is 486 g/mol. The quantitative estimate of drug-likeness (QED) is 0.586. The van der Waals surface area contributed by atoms with Crippen molar-refractivity contribution in [3.8, 4) is 0 Å². The molecule has 3 unspecified atom stereocenters. The molecule has 0 bridgehead atoms. The van der Waals surface area contributed by atoms with Gasteiger partial charge in [-0.1, -0.05) is 0 Å². The molecule has 2 aromatic rings. The van der Waals surface area contributed by atoms with Crippen LogP contribution in [0.1, 0.15) is 57.2 Å². The largest absolute Gasteiger partial charge is 1.00 e. The zero-order chi connectivity index (χ0) is 19.5. The van der Waals surface area contributed by atoms with Gasteiger partial charge in [-0.25, -0.2) is 0 Å². The molecule has 5 rings (SSSR count). The second-order valence-electron chi connectivity index (χ2n) is 8.77. The Labute approximate surface area is 201 Å². The summed E-state index contributed by atoms with van der Waals surface area (Å²) in [6, 6.07) is 18.3. The molecule has 0 spiro atoms. The molecule has 153 valence electrons. The van der Waals surface area contributed by atoms with Gasteiger partial charge in [0.05, 0.1) is 0 Å². The van der Waals surface area contributed by atoms with Crippen LogP contribution >= 0.6 is 0 Å². The van der Waals surface area contributed by atoms with E-state index in [1.807, 2.05) is 0 Å².